The number of carbonyl (C=O) groups is 1. The monoisotopic (exact) mass is 256 g/mol. The molecule has 1 aromatic carbocycles. The van der Waals surface area contributed by atoms with Crippen LogP contribution in [0.5, 0.6) is 0 Å². The maximum Gasteiger partial charge on any atom is 0.337 e. The molecule has 0 saturated heterocycles. The fourth-order valence-corrected chi connectivity index (χ4v) is 2.49. The van der Waals surface area contributed by atoms with E-state index in [1.807, 2.05) is 0 Å². The summed E-state index contributed by atoms with van der Waals surface area (Å²) in [6, 6.07) is 5.34. The van der Waals surface area contributed by atoms with Crippen molar-refractivity contribution in [3.05, 3.63) is 44.8 Å². The molecule has 0 aliphatic carbocycles. The first-order valence-electron chi connectivity index (χ1n) is 4.19. The summed E-state index contributed by atoms with van der Waals surface area (Å²) in [5.41, 5.74) is 0.457. The van der Waals surface area contributed by atoms with Crippen molar-refractivity contribution in [1.82, 2.24) is 4.98 Å². The summed E-state index contributed by atoms with van der Waals surface area (Å²) >= 11 is 0. The highest BCUT2D eigenvalue weighted by atomic mass is 32.9. The van der Waals surface area contributed by atoms with Crippen LogP contribution in [0.15, 0.2) is 29.1 Å². The quantitative estimate of drug-likeness (QED) is 0.835. The topological polar surface area (TPSA) is 59.1 Å². The van der Waals surface area contributed by atoms with Crippen molar-refractivity contribution >= 4 is 32.3 Å². The second-order valence-electron chi connectivity index (χ2n) is 2.81. The predicted molar refractivity (Wildman–Crippen MR) is 60.6 cm³/mol. The molecule has 7 heteroatoms. The number of aromatic nitrogens is 1. The number of benzene rings is 1. The fraction of sp³-hybridized carbons (Fsp3) is 0. The number of hydrogen-bond donors (Lipinski definition) is 1. The number of carbonyl (C=O) groups excluding carboxylic acids is 1. The van der Waals surface area contributed by atoms with Crippen LogP contribution in [-0.4, -0.2) is 10.9 Å². The average Bonchev–Trinajstić information content (AvgIpc) is 2.68. The van der Waals surface area contributed by atoms with Gasteiger partial charge in [0.1, 0.15) is 5.82 Å². The Balaban J connectivity index is 2.13. The maximum absolute atomic E-state index is 12.6. The maximum atomic E-state index is 12.6. The van der Waals surface area contributed by atoms with Gasteiger partial charge in [0, 0.05) is 5.69 Å². The molecule has 0 saturated carbocycles. The van der Waals surface area contributed by atoms with Crippen molar-refractivity contribution in [2.45, 2.75) is 0 Å². The van der Waals surface area contributed by atoms with Gasteiger partial charge in [0.2, 0.25) is 0 Å². The molecule has 0 atom stereocenters. The molecule has 0 unspecified atom stereocenters. The van der Waals surface area contributed by atoms with Gasteiger partial charge in [-0.2, -0.15) is 4.98 Å². The molecule has 4 nitrogen and oxygen atoms in total. The number of amides is 1. The summed E-state index contributed by atoms with van der Waals surface area (Å²) in [5.74, 6) is -0.841. The first-order valence-corrected chi connectivity index (χ1v) is 6.34. The third kappa shape index (κ3) is 2.50. The van der Waals surface area contributed by atoms with Crippen molar-refractivity contribution in [3.63, 3.8) is 0 Å². The zero-order valence-corrected chi connectivity index (χ0v) is 9.40. The van der Waals surface area contributed by atoms with E-state index in [-0.39, 0.29) is 10.8 Å². The molecule has 0 bridgehead atoms. The van der Waals surface area contributed by atoms with Crippen LogP contribution in [-0.2, 0) is 0 Å². The summed E-state index contributed by atoms with van der Waals surface area (Å²) in [6.07, 6.45) is 0. The number of rotatable bonds is 2. The van der Waals surface area contributed by atoms with Crippen LogP contribution in [0.3, 0.4) is 0 Å². The largest absolute Gasteiger partial charge is 0.337 e. The average molecular weight is 256 g/mol. The summed E-state index contributed by atoms with van der Waals surface area (Å²) < 4.78 is 12.6. The first kappa shape index (κ1) is 10.9. The summed E-state index contributed by atoms with van der Waals surface area (Å²) in [5, 5.41) is 2.62. The second-order valence-corrected chi connectivity index (χ2v) is 4.88. The fourth-order valence-electron chi connectivity index (χ4n) is 1.00. The van der Waals surface area contributed by atoms with E-state index in [1.54, 1.807) is 0 Å². The molecular formula is C9H5FN2O2S2. The smallest absolute Gasteiger partial charge is 0.320 e. The molecule has 2 rings (SSSR count). The van der Waals surface area contributed by atoms with Crippen molar-refractivity contribution in [3.8, 4) is 0 Å². The Hall–Kier alpha value is -1.60. The summed E-state index contributed by atoms with van der Waals surface area (Å²) in [6.45, 7) is 0. The van der Waals surface area contributed by atoms with Gasteiger partial charge in [0.15, 0.2) is 5.01 Å². The third-order valence-electron chi connectivity index (χ3n) is 1.68. The van der Waals surface area contributed by atoms with Crippen molar-refractivity contribution in [2.24, 2.45) is 0 Å². The number of anilines is 1. The van der Waals surface area contributed by atoms with Crippen LogP contribution in [0, 0.1) is 5.82 Å². The van der Waals surface area contributed by atoms with Gasteiger partial charge in [0.05, 0.1) is 0 Å². The Morgan fingerprint density at radius 3 is 2.50 bits per heavy atom. The van der Waals surface area contributed by atoms with Crippen LogP contribution in [0.4, 0.5) is 10.1 Å². The lowest BCUT2D eigenvalue weighted by Crippen LogP contribution is -2.13. The van der Waals surface area contributed by atoms with Gasteiger partial charge < -0.3 is 5.32 Å². The molecule has 2 aromatic rings. The molecule has 82 valence electrons. The van der Waals surface area contributed by atoms with Gasteiger partial charge in [-0.3, -0.25) is 9.59 Å². The Labute approximate surface area is 96.8 Å². The van der Waals surface area contributed by atoms with Crippen LogP contribution in [0.25, 0.3) is 0 Å². The lowest BCUT2D eigenvalue weighted by molar-refractivity contribution is 0.102. The van der Waals surface area contributed by atoms with Crippen LogP contribution in [0.1, 0.15) is 9.80 Å². The minimum absolute atomic E-state index is 0.110. The van der Waals surface area contributed by atoms with Crippen molar-refractivity contribution in [2.75, 3.05) is 5.32 Å². The molecule has 1 heterocycles. The van der Waals surface area contributed by atoms with Crippen LogP contribution >= 0.6 is 20.7 Å². The Kier molecular flexibility index (Phi) is 3.07. The van der Waals surface area contributed by atoms with E-state index >= 15 is 0 Å². The van der Waals surface area contributed by atoms with Gasteiger partial charge in [0.25, 0.3) is 5.91 Å². The molecule has 1 amide bonds. The van der Waals surface area contributed by atoms with E-state index in [1.165, 1.54) is 24.3 Å². The highest BCUT2D eigenvalue weighted by molar-refractivity contribution is 7.68. The Morgan fingerprint density at radius 2 is 1.94 bits per heavy atom. The van der Waals surface area contributed by atoms with Gasteiger partial charge in [-0.25, -0.2) is 4.39 Å². The van der Waals surface area contributed by atoms with Gasteiger partial charge in [-0.15, -0.1) is 0 Å². The van der Waals surface area contributed by atoms with Crippen LogP contribution in [0.2, 0.25) is 0 Å². The normalized spacial score (nSPS) is 10.1. The van der Waals surface area contributed by atoms with Crippen molar-refractivity contribution < 1.29 is 9.18 Å². The highest BCUT2D eigenvalue weighted by Crippen LogP contribution is 2.12. The summed E-state index contributed by atoms with van der Waals surface area (Å²) in [7, 11) is 1.91. The van der Waals surface area contributed by atoms with Gasteiger partial charge in [-0.05, 0) is 44.9 Å². The molecule has 0 aliphatic heterocycles. The minimum atomic E-state index is -0.463. The third-order valence-corrected chi connectivity index (χ3v) is 3.58. The molecule has 1 aromatic heterocycles. The molecule has 0 fully saturated rings. The van der Waals surface area contributed by atoms with E-state index in [0.29, 0.717) is 5.69 Å². The molecule has 0 spiro atoms. The molecular weight excluding hydrogens is 251 g/mol. The molecule has 1 N–H and O–H groups in total. The minimum Gasteiger partial charge on any atom is -0.320 e. The Bertz CT molecular complexity index is 561. The number of nitrogens with one attached hydrogen (secondary N) is 1. The van der Waals surface area contributed by atoms with E-state index in [9.17, 15) is 14.0 Å². The Morgan fingerprint density at radius 1 is 1.25 bits per heavy atom. The van der Waals surface area contributed by atoms with E-state index in [4.69, 9.17) is 0 Å². The lowest BCUT2D eigenvalue weighted by Gasteiger charge is -2.01. The first-order chi connectivity index (χ1) is 7.65. The second kappa shape index (κ2) is 4.50. The van der Waals surface area contributed by atoms with Crippen molar-refractivity contribution in [1.29, 1.82) is 0 Å². The highest BCUT2D eigenvalue weighted by Gasteiger charge is 2.10. The molecule has 16 heavy (non-hydrogen) atoms. The number of hydrogen-bond acceptors (Lipinski definition) is 5. The van der Waals surface area contributed by atoms with Gasteiger partial charge >= 0.3 is 4.87 Å². The molecule has 0 radical (unpaired) electrons. The van der Waals surface area contributed by atoms with E-state index in [0.717, 1.165) is 20.7 Å². The van der Waals surface area contributed by atoms with Gasteiger partial charge in [-0.1, -0.05) is 0 Å². The van der Waals surface area contributed by atoms with E-state index < -0.39 is 10.8 Å². The summed E-state index contributed by atoms with van der Waals surface area (Å²) in [4.78, 5) is 25.4. The zero-order valence-electron chi connectivity index (χ0n) is 7.77. The van der Waals surface area contributed by atoms with Crippen LogP contribution < -0.4 is 10.2 Å². The SMILES string of the molecule is O=C(Nc1ccc(F)cc1)c1nc(=O)ss1. The lowest BCUT2D eigenvalue weighted by atomic mass is 10.3. The number of halogens is 1. The molecule has 0 aliphatic rings. The standard InChI is InChI=1S/C9H5FN2O2S2/c10-5-1-3-6(4-2-5)11-7(13)8-12-9(14)16-15-8/h1-4H,(H,11,13). The van der Waals surface area contributed by atoms with E-state index in [2.05, 4.69) is 10.3 Å². The number of nitrogens with zero attached hydrogens (tertiary/aromatic N) is 1. The zero-order chi connectivity index (χ0) is 11.5. The predicted octanol–water partition coefficient (Wildman–Crippen LogP) is 1.96.